The third kappa shape index (κ3) is 3.04. The van der Waals surface area contributed by atoms with Crippen molar-refractivity contribution in [1.82, 2.24) is 25.1 Å². The minimum Gasteiger partial charge on any atom is -0.399 e. The maximum absolute atomic E-state index is 5.67. The molecule has 0 bridgehead atoms. The Bertz CT molecular complexity index is 488. The number of hydrogen-bond acceptors (Lipinski definition) is 5. The fraction of sp³-hybridized carbons (Fsp3) is 0.417. The van der Waals surface area contributed by atoms with Crippen molar-refractivity contribution in [3.8, 4) is 11.4 Å². The zero-order chi connectivity index (χ0) is 13.0. The predicted molar refractivity (Wildman–Crippen MR) is 70.8 cm³/mol. The van der Waals surface area contributed by atoms with Gasteiger partial charge >= 0.3 is 0 Å². The van der Waals surface area contributed by atoms with Crippen molar-refractivity contribution >= 4 is 5.69 Å². The van der Waals surface area contributed by atoms with Gasteiger partial charge in [-0.15, -0.1) is 5.10 Å². The van der Waals surface area contributed by atoms with Gasteiger partial charge in [-0.25, -0.2) is 4.68 Å². The van der Waals surface area contributed by atoms with Gasteiger partial charge in [-0.05, 0) is 61.8 Å². The Kier molecular flexibility index (Phi) is 3.88. The van der Waals surface area contributed by atoms with Crippen LogP contribution < -0.4 is 5.73 Å². The molecule has 0 amide bonds. The first kappa shape index (κ1) is 12.5. The summed E-state index contributed by atoms with van der Waals surface area (Å²) in [6.07, 6.45) is 1.01. The molecule has 2 aromatic rings. The van der Waals surface area contributed by atoms with Gasteiger partial charge < -0.3 is 10.6 Å². The number of benzene rings is 1. The first-order chi connectivity index (χ1) is 8.66. The molecule has 96 valence electrons. The number of anilines is 1. The Hall–Kier alpha value is -1.95. The first-order valence-electron chi connectivity index (χ1n) is 5.93. The van der Waals surface area contributed by atoms with Gasteiger partial charge in [0.05, 0.1) is 0 Å². The summed E-state index contributed by atoms with van der Waals surface area (Å²) >= 11 is 0. The molecule has 1 aromatic heterocycles. The number of tetrazole rings is 1. The molecule has 1 aromatic carbocycles. The fourth-order valence-electron chi connectivity index (χ4n) is 1.73. The largest absolute Gasteiger partial charge is 0.399 e. The van der Waals surface area contributed by atoms with Crippen molar-refractivity contribution in [3.05, 3.63) is 24.3 Å². The predicted octanol–water partition coefficient (Wildman–Crippen LogP) is 0.874. The second-order valence-corrected chi connectivity index (χ2v) is 4.50. The Balaban J connectivity index is 2.10. The Morgan fingerprint density at radius 3 is 2.61 bits per heavy atom. The molecular weight excluding hydrogens is 228 g/mol. The van der Waals surface area contributed by atoms with Crippen LogP contribution in [0.3, 0.4) is 0 Å². The molecule has 0 radical (unpaired) electrons. The van der Waals surface area contributed by atoms with E-state index in [0.717, 1.165) is 36.6 Å². The lowest BCUT2D eigenvalue weighted by Gasteiger charge is -2.09. The van der Waals surface area contributed by atoms with Gasteiger partial charge in [0.2, 0.25) is 0 Å². The normalized spacial score (nSPS) is 11.1. The van der Waals surface area contributed by atoms with Crippen molar-refractivity contribution in [2.75, 3.05) is 26.4 Å². The molecule has 0 aliphatic rings. The van der Waals surface area contributed by atoms with Crippen LogP contribution in [-0.4, -0.2) is 45.7 Å². The molecule has 0 fully saturated rings. The van der Waals surface area contributed by atoms with E-state index in [-0.39, 0.29) is 0 Å². The number of aromatic nitrogens is 4. The summed E-state index contributed by atoms with van der Waals surface area (Å²) in [7, 11) is 4.11. The van der Waals surface area contributed by atoms with Gasteiger partial charge in [-0.1, -0.05) is 0 Å². The van der Waals surface area contributed by atoms with Crippen LogP contribution in [0.5, 0.6) is 0 Å². The van der Waals surface area contributed by atoms with E-state index < -0.39 is 0 Å². The minimum absolute atomic E-state index is 0.741. The Morgan fingerprint density at radius 1 is 1.22 bits per heavy atom. The zero-order valence-corrected chi connectivity index (χ0v) is 10.7. The van der Waals surface area contributed by atoms with Crippen LogP contribution in [0, 0.1) is 0 Å². The minimum atomic E-state index is 0.741. The first-order valence-corrected chi connectivity index (χ1v) is 5.93. The van der Waals surface area contributed by atoms with Gasteiger partial charge in [0.1, 0.15) is 0 Å². The zero-order valence-electron chi connectivity index (χ0n) is 10.7. The molecule has 0 saturated heterocycles. The van der Waals surface area contributed by atoms with E-state index in [1.807, 2.05) is 28.9 Å². The maximum Gasteiger partial charge on any atom is 0.182 e. The quantitative estimate of drug-likeness (QED) is 0.793. The molecule has 6 nitrogen and oxygen atoms in total. The SMILES string of the molecule is CN(C)CCCn1nnnc1-c1ccc(N)cc1. The highest BCUT2D eigenvalue weighted by Crippen LogP contribution is 2.17. The number of nitrogen functional groups attached to an aromatic ring is 1. The molecule has 0 atom stereocenters. The number of rotatable bonds is 5. The van der Waals surface area contributed by atoms with E-state index in [1.165, 1.54) is 0 Å². The van der Waals surface area contributed by atoms with Gasteiger partial charge in [0.15, 0.2) is 5.82 Å². The third-order valence-electron chi connectivity index (χ3n) is 2.68. The van der Waals surface area contributed by atoms with Crippen LogP contribution in [0.25, 0.3) is 11.4 Å². The van der Waals surface area contributed by atoms with Crippen LogP contribution >= 0.6 is 0 Å². The van der Waals surface area contributed by atoms with Crippen molar-refractivity contribution in [3.63, 3.8) is 0 Å². The van der Waals surface area contributed by atoms with Crippen molar-refractivity contribution in [2.24, 2.45) is 0 Å². The molecule has 0 saturated carbocycles. The molecule has 1 heterocycles. The molecule has 2 rings (SSSR count). The summed E-state index contributed by atoms with van der Waals surface area (Å²) in [6.45, 7) is 1.83. The van der Waals surface area contributed by atoms with E-state index in [2.05, 4.69) is 34.5 Å². The van der Waals surface area contributed by atoms with E-state index in [0.29, 0.717) is 0 Å². The van der Waals surface area contributed by atoms with Crippen LogP contribution in [0.2, 0.25) is 0 Å². The summed E-state index contributed by atoms with van der Waals surface area (Å²) in [5, 5.41) is 11.8. The van der Waals surface area contributed by atoms with Gasteiger partial charge in [0.25, 0.3) is 0 Å². The lowest BCUT2D eigenvalue weighted by molar-refractivity contribution is 0.379. The summed E-state index contributed by atoms with van der Waals surface area (Å²) in [5.41, 5.74) is 7.39. The molecular formula is C12H18N6. The van der Waals surface area contributed by atoms with Gasteiger partial charge in [-0.2, -0.15) is 0 Å². The summed E-state index contributed by atoms with van der Waals surface area (Å²) in [5.74, 6) is 0.786. The molecule has 0 aliphatic carbocycles. The van der Waals surface area contributed by atoms with Gasteiger partial charge in [0, 0.05) is 17.8 Å². The number of nitrogens with zero attached hydrogens (tertiary/aromatic N) is 5. The van der Waals surface area contributed by atoms with Crippen LogP contribution in [0.15, 0.2) is 24.3 Å². The van der Waals surface area contributed by atoms with E-state index >= 15 is 0 Å². The average Bonchev–Trinajstić information content (AvgIpc) is 2.78. The highest BCUT2D eigenvalue weighted by atomic mass is 15.5. The maximum atomic E-state index is 5.67. The van der Waals surface area contributed by atoms with Crippen molar-refractivity contribution < 1.29 is 0 Å². The smallest absolute Gasteiger partial charge is 0.182 e. The second kappa shape index (κ2) is 5.59. The van der Waals surface area contributed by atoms with Gasteiger partial charge in [-0.3, -0.25) is 0 Å². The monoisotopic (exact) mass is 246 g/mol. The summed E-state index contributed by atoms with van der Waals surface area (Å²) < 4.78 is 1.83. The summed E-state index contributed by atoms with van der Waals surface area (Å²) in [6, 6.07) is 7.58. The summed E-state index contributed by atoms with van der Waals surface area (Å²) in [4.78, 5) is 2.15. The van der Waals surface area contributed by atoms with Crippen molar-refractivity contribution in [2.45, 2.75) is 13.0 Å². The van der Waals surface area contributed by atoms with Crippen LogP contribution in [-0.2, 0) is 6.54 Å². The molecule has 18 heavy (non-hydrogen) atoms. The molecule has 0 aliphatic heterocycles. The van der Waals surface area contributed by atoms with E-state index in [1.54, 1.807) is 0 Å². The molecule has 0 unspecified atom stereocenters. The Morgan fingerprint density at radius 2 is 1.94 bits per heavy atom. The number of hydrogen-bond donors (Lipinski definition) is 1. The highest BCUT2D eigenvalue weighted by molar-refractivity contribution is 5.58. The standard InChI is InChI=1S/C12H18N6/c1-17(2)8-3-9-18-12(14-15-16-18)10-4-6-11(13)7-5-10/h4-7H,3,8-9,13H2,1-2H3. The molecule has 0 spiro atoms. The van der Waals surface area contributed by atoms with E-state index in [4.69, 9.17) is 5.73 Å². The van der Waals surface area contributed by atoms with E-state index in [9.17, 15) is 0 Å². The third-order valence-corrected chi connectivity index (χ3v) is 2.68. The lowest BCUT2D eigenvalue weighted by Crippen LogP contribution is -2.15. The number of nitrogens with two attached hydrogens (primary N) is 1. The fourth-order valence-corrected chi connectivity index (χ4v) is 1.73. The number of aryl methyl sites for hydroxylation is 1. The topological polar surface area (TPSA) is 72.9 Å². The molecule has 6 heteroatoms. The van der Waals surface area contributed by atoms with Crippen LogP contribution in [0.1, 0.15) is 6.42 Å². The van der Waals surface area contributed by atoms with Crippen LogP contribution in [0.4, 0.5) is 5.69 Å². The second-order valence-electron chi connectivity index (χ2n) is 4.50. The lowest BCUT2D eigenvalue weighted by atomic mass is 10.2. The van der Waals surface area contributed by atoms with Crippen molar-refractivity contribution in [1.29, 1.82) is 0 Å². The Labute approximate surface area is 106 Å². The highest BCUT2D eigenvalue weighted by Gasteiger charge is 2.08. The average molecular weight is 246 g/mol. The molecule has 2 N–H and O–H groups in total.